The maximum atomic E-state index is 11.6. The van der Waals surface area contributed by atoms with E-state index in [2.05, 4.69) is 12.2 Å². The number of ketones is 1. The Hall–Kier alpha value is -1.35. The molecule has 0 bridgehead atoms. The Bertz CT molecular complexity index is 455. The molecule has 3 heteroatoms. The molecule has 1 aromatic carbocycles. The average Bonchev–Trinajstić information content (AvgIpc) is 2.47. The van der Waals surface area contributed by atoms with Crippen molar-refractivity contribution in [2.75, 3.05) is 11.9 Å². The maximum Gasteiger partial charge on any atom is 0.162 e. The Balaban J connectivity index is 2.09. The van der Waals surface area contributed by atoms with Gasteiger partial charge in [-0.1, -0.05) is 26.7 Å². The van der Waals surface area contributed by atoms with Crippen LogP contribution in [-0.4, -0.2) is 23.0 Å². The fourth-order valence-electron chi connectivity index (χ4n) is 3.21. The van der Waals surface area contributed by atoms with Crippen LogP contribution in [0.2, 0.25) is 0 Å². The van der Waals surface area contributed by atoms with Gasteiger partial charge in [0.25, 0.3) is 0 Å². The molecule has 1 saturated carbocycles. The molecule has 2 rings (SSSR count). The lowest BCUT2D eigenvalue weighted by Gasteiger charge is -2.40. The van der Waals surface area contributed by atoms with Crippen molar-refractivity contribution in [3.63, 3.8) is 0 Å². The van der Waals surface area contributed by atoms with Crippen LogP contribution in [0.15, 0.2) is 24.3 Å². The number of Topliss-reactive ketones (excluding diaryl/α,β-unsaturated/α-hetero) is 1. The number of anilines is 1. The predicted molar refractivity (Wildman–Crippen MR) is 82.1 cm³/mol. The Labute approximate surface area is 121 Å². The molecule has 0 spiro atoms. The van der Waals surface area contributed by atoms with E-state index in [0.29, 0.717) is 12.3 Å². The van der Waals surface area contributed by atoms with Gasteiger partial charge in [-0.25, -0.2) is 0 Å². The van der Waals surface area contributed by atoms with Gasteiger partial charge in [-0.05, 0) is 43.0 Å². The number of carbonyl (C=O) groups excluding carboxylic acids is 1. The second-order valence-corrected chi connectivity index (χ2v) is 6.12. The van der Waals surface area contributed by atoms with E-state index in [9.17, 15) is 9.90 Å². The second-order valence-electron chi connectivity index (χ2n) is 6.12. The van der Waals surface area contributed by atoms with Gasteiger partial charge in [0.1, 0.15) is 0 Å². The number of rotatable bonds is 5. The third kappa shape index (κ3) is 3.40. The zero-order valence-electron chi connectivity index (χ0n) is 12.5. The lowest BCUT2D eigenvalue weighted by Crippen LogP contribution is -2.45. The highest BCUT2D eigenvalue weighted by atomic mass is 16.3. The first-order chi connectivity index (χ1) is 9.58. The molecule has 2 atom stereocenters. The van der Waals surface area contributed by atoms with Crippen molar-refractivity contribution >= 4 is 11.5 Å². The minimum Gasteiger partial charge on any atom is -0.394 e. The zero-order valence-corrected chi connectivity index (χ0v) is 12.5. The summed E-state index contributed by atoms with van der Waals surface area (Å²) in [7, 11) is 0. The molecule has 1 fully saturated rings. The summed E-state index contributed by atoms with van der Waals surface area (Å²) < 4.78 is 0. The van der Waals surface area contributed by atoms with E-state index in [0.717, 1.165) is 30.5 Å². The largest absolute Gasteiger partial charge is 0.394 e. The topological polar surface area (TPSA) is 49.3 Å². The fourth-order valence-corrected chi connectivity index (χ4v) is 3.21. The van der Waals surface area contributed by atoms with Gasteiger partial charge in [-0.15, -0.1) is 0 Å². The summed E-state index contributed by atoms with van der Waals surface area (Å²) in [4.78, 5) is 11.6. The molecule has 0 saturated heterocycles. The van der Waals surface area contributed by atoms with Gasteiger partial charge >= 0.3 is 0 Å². The third-order valence-electron chi connectivity index (χ3n) is 4.33. The summed E-state index contributed by atoms with van der Waals surface area (Å²) in [6, 6.07) is 7.62. The number of carbonyl (C=O) groups is 1. The monoisotopic (exact) mass is 275 g/mol. The molecule has 2 N–H and O–H groups in total. The number of benzene rings is 1. The quantitative estimate of drug-likeness (QED) is 0.807. The molecule has 0 heterocycles. The van der Waals surface area contributed by atoms with E-state index >= 15 is 0 Å². The van der Waals surface area contributed by atoms with Crippen LogP contribution in [0.5, 0.6) is 0 Å². The summed E-state index contributed by atoms with van der Waals surface area (Å²) in [6.07, 6.45) is 4.93. The number of hydrogen-bond donors (Lipinski definition) is 2. The molecule has 0 aromatic heterocycles. The van der Waals surface area contributed by atoms with Crippen molar-refractivity contribution in [3.05, 3.63) is 29.8 Å². The Morgan fingerprint density at radius 2 is 2.10 bits per heavy atom. The lowest BCUT2D eigenvalue weighted by atomic mass is 9.76. The van der Waals surface area contributed by atoms with Gasteiger partial charge in [0, 0.05) is 17.7 Å². The van der Waals surface area contributed by atoms with Crippen LogP contribution >= 0.6 is 0 Å². The summed E-state index contributed by atoms with van der Waals surface area (Å²) in [5, 5.41) is 13.3. The van der Waals surface area contributed by atoms with E-state index in [-0.39, 0.29) is 17.9 Å². The molecule has 1 aliphatic carbocycles. The van der Waals surface area contributed by atoms with Gasteiger partial charge < -0.3 is 10.4 Å². The molecule has 0 aliphatic heterocycles. The smallest absolute Gasteiger partial charge is 0.162 e. The number of nitrogens with one attached hydrogen (secondary N) is 1. The molecular formula is C17H25NO2. The third-order valence-corrected chi connectivity index (χ3v) is 4.33. The molecule has 0 radical (unpaired) electrons. The van der Waals surface area contributed by atoms with E-state index in [1.165, 1.54) is 6.42 Å². The van der Waals surface area contributed by atoms with Crippen LogP contribution in [0.4, 0.5) is 5.69 Å². The molecule has 1 aliphatic rings. The Morgan fingerprint density at radius 1 is 1.40 bits per heavy atom. The average molecular weight is 275 g/mol. The van der Waals surface area contributed by atoms with Crippen molar-refractivity contribution in [1.29, 1.82) is 0 Å². The second kappa shape index (κ2) is 6.40. The van der Waals surface area contributed by atoms with Crippen LogP contribution in [-0.2, 0) is 0 Å². The normalized spacial score (nSPS) is 26.2. The summed E-state index contributed by atoms with van der Waals surface area (Å²) >= 11 is 0. The van der Waals surface area contributed by atoms with Crippen LogP contribution in [0.1, 0.15) is 56.3 Å². The summed E-state index contributed by atoms with van der Waals surface area (Å²) in [6.45, 7) is 4.28. The van der Waals surface area contributed by atoms with Crippen molar-refractivity contribution in [2.24, 2.45) is 5.92 Å². The van der Waals surface area contributed by atoms with Gasteiger partial charge in [0.05, 0.1) is 12.1 Å². The van der Waals surface area contributed by atoms with Crippen LogP contribution in [0, 0.1) is 5.92 Å². The molecule has 2 unspecified atom stereocenters. The van der Waals surface area contributed by atoms with E-state index in [1.807, 2.05) is 31.2 Å². The first-order valence-corrected chi connectivity index (χ1v) is 7.61. The highest BCUT2D eigenvalue weighted by Crippen LogP contribution is 2.34. The predicted octanol–water partition coefficient (Wildman–Crippen LogP) is 3.63. The van der Waals surface area contributed by atoms with Gasteiger partial charge in [-0.2, -0.15) is 0 Å². The number of hydrogen-bond acceptors (Lipinski definition) is 3. The maximum absolute atomic E-state index is 11.6. The van der Waals surface area contributed by atoms with Crippen molar-refractivity contribution < 1.29 is 9.90 Å². The van der Waals surface area contributed by atoms with Gasteiger partial charge in [-0.3, -0.25) is 4.79 Å². The van der Waals surface area contributed by atoms with E-state index < -0.39 is 0 Å². The van der Waals surface area contributed by atoms with Crippen molar-refractivity contribution in [2.45, 2.75) is 51.5 Å². The first-order valence-electron chi connectivity index (χ1n) is 7.61. The highest BCUT2D eigenvalue weighted by Gasteiger charge is 2.34. The molecular weight excluding hydrogens is 250 g/mol. The van der Waals surface area contributed by atoms with Crippen LogP contribution in [0.3, 0.4) is 0 Å². The summed E-state index contributed by atoms with van der Waals surface area (Å²) in [5.74, 6) is 0.809. The van der Waals surface area contributed by atoms with Crippen molar-refractivity contribution in [1.82, 2.24) is 0 Å². The van der Waals surface area contributed by atoms with Gasteiger partial charge in [0.15, 0.2) is 5.78 Å². The fraction of sp³-hybridized carbons (Fsp3) is 0.588. The van der Waals surface area contributed by atoms with Crippen molar-refractivity contribution in [3.8, 4) is 0 Å². The Morgan fingerprint density at radius 3 is 2.65 bits per heavy atom. The SMILES string of the molecule is CCC(=O)c1ccc(NC2(CO)CCCC(C)C2)cc1. The van der Waals surface area contributed by atoms with E-state index in [4.69, 9.17) is 0 Å². The van der Waals surface area contributed by atoms with Gasteiger partial charge in [0.2, 0.25) is 0 Å². The van der Waals surface area contributed by atoms with Crippen LogP contribution < -0.4 is 5.32 Å². The molecule has 3 nitrogen and oxygen atoms in total. The van der Waals surface area contributed by atoms with E-state index in [1.54, 1.807) is 0 Å². The first kappa shape index (κ1) is 15.0. The molecule has 20 heavy (non-hydrogen) atoms. The minimum absolute atomic E-state index is 0.160. The lowest BCUT2D eigenvalue weighted by molar-refractivity contribution is 0.0988. The number of aliphatic hydroxyl groups excluding tert-OH is 1. The highest BCUT2D eigenvalue weighted by molar-refractivity contribution is 5.96. The molecule has 1 aromatic rings. The Kier molecular flexibility index (Phi) is 4.81. The summed E-state index contributed by atoms with van der Waals surface area (Å²) in [5.41, 5.74) is 1.54. The minimum atomic E-state index is -0.200. The van der Waals surface area contributed by atoms with Crippen LogP contribution in [0.25, 0.3) is 0 Å². The standard InChI is InChI=1S/C17H25NO2/c1-3-16(20)14-6-8-15(9-7-14)18-17(12-19)10-4-5-13(2)11-17/h6-9,13,18-19H,3-5,10-12H2,1-2H3. The molecule has 0 amide bonds. The number of aliphatic hydroxyl groups is 1. The molecule has 110 valence electrons. The zero-order chi connectivity index (χ0) is 14.6.